The van der Waals surface area contributed by atoms with Crippen molar-refractivity contribution in [2.45, 2.75) is 80.9 Å². The molecule has 0 radical (unpaired) electrons. The second kappa shape index (κ2) is 48.9. The number of carbonyl (C=O) groups is 4. The average molecular weight is 1830 g/mol. The molecule has 8 aromatic carbocycles. The molecule has 0 fully saturated rings. The van der Waals surface area contributed by atoms with Gasteiger partial charge in [-0.05, 0) is 255 Å². The van der Waals surface area contributed by atoms with Gasteiger partial charge in [-0.1, -0.05) is 24.3 Å². The van der Waals surface area contributed by atoms with E-state index < -0.39 is 373 Å². The number of halogens is 4. The Morgan fingerprint density at radius 1 is 0.386 bits per heavy atom. The minimum absolute atomic E-state index is 0.0479. The Morgan fingerprint density at radius 3 is 0.879 bits per heavy atom. The Labute approximate surface area is 833 Å². The van der Waals surface area contributed by atoms with Crippen LogP contribution in [0.3, 0.4) is 0 Å². The number of pyridine rings is 4. The van der Waals surface area contributed by atoms with Gasteiger partial charge in [0.15, 0.2) is 23.1 Å². The summed E-state index contributed by atoms with van der Waals surface area (Å²) in [6.45, 7) is -18.5. The predicted octanol–water partition coefficient (Wildman–Crippen LogP) is 19.7. The van der Waals surface area contributed by atoms with E-state index in [2.05, 4.69) is 41.2 Å². The lowest BCUT2D eigenvalue weighted by atomic mass is 10.0. The van der Waals surface area contributed by atoms with Crippen molar-refractivity contribution in [3.05, 3.63) is 284 Å². The molecule has 4 aromatic heterocycles. The number of rotatable bonds is 36. The fourth-order valence-electron chi connectivity index (χ4n) is 11.3. The Bertz CT molecular complexity index is 8970. The number of aromatic nitrogens is 4. The zero-order valence-electron chi connectivity index (χ0n) is 119. The maximum Gasteiger partial charge on any atom is 0.159 e. The van der Waals surface area contributed by atoms with Crippen LogP contribution in [0, 0.1) is 96.3 Å². The van der Waals surface area contributed by atoms with E-state index in [1.165, 1.54) is 81.2 Å². The van der Waals surface area contributed by atoms with Crippen molar-refractivity contribution in [1.82, 2.24) is 39.5 Å². The van der Waals surface area contributed by atoms with Gasteiger partial charge in [-0.25, -0.2) is 17.6 Å². The summed E-state index contributed by atoms with van der Waals surface area (Å²) in [5.74, 6) is -9.84. The van der Waals surface area contributed by atoms with Gasteiger partial charge in [-0.3, -0.25) is 39.1 Å². The summed E-state index contributed by atoms with van der Waals surface area (Å²) in [6.07, 6.45) is 3.06. The third-order valence-electron chi connectivity index (χ3n) is 17.3. The summed E-state index contributed by atoms with van der Waals surface area (Å²) < 4.78 is 456. The Hall–Kier alpha value is -15.0. The number of hydrogen-bond donors (Lipinski definition) is 4. The first kappa shape index (κ1) is 53.2. The normalized spacial score (nSPS) is 17.2. The van der Waals surface area contributed by atoms with Gasteiger partial charge in [0, 0.05) is 191 Å². The molecule has 0 aliphatic rings. The molecule has 0 aliphatic carbocycles. The van der Waals surface area contributed by atoms with Crippen molar-refractivity contribution in [1.29, 1.82) is 21.0 Å². The fourth-order valence-corrected chi connectivity index (χ4v) is 11.3. The van der Waals surface area contributed by atoms with Crippen molar-refractivity contribution in [2.24, 2.45) is 0 Å². The second-order valence-corrected chi connectivity index (χ2v) is 27.6. The SMILES string of the molecule is [2H]c1nc2c([2H])c(OC([2H])([2H])C([2H])([2H])[2H])c(CC(=O)/C=C/C([2H])([2H])N(C)C)c([2H])c2c(Nc2c([2H])c([2H])c(F)c(C)c2[2H])c1C#N.[2H]c1nc2c([2H])c(OC([2H])([2H])C([2H])([2H])[2H])c(CC(=O)/C=C/CN(C)C([2H])([2H])[2H])c([2H])c2c(Nc2c([2H])c([2H])c(F)c(C)c2[2H])c1C#N.[2H]c1nc2c([2H])c(OC([2H])([2H])C)c(CC(=O)/C=C/CN(C)C([2H])([2H])[2H])c([2H])c2c(Nc2c([2H])c([2H])c(F)c(C)c2[2H])c1C#N.[2H]c1nc2c([2H])c(OCC)c(CC(=O)/C=C/CN(C)C([2H])([2H])[2H])c([2H])c2c(Nc2c([2H])c([2H])c(F)c(C)c2[2H])c1C#N. The standard InChI is InChI=1S/4C26H27FN4O2/c4*1-5-33-25-14-24-22(13-18(25)12-21(32)7-6-10-31(3)4)26(19(15-28)16-29-24)30-20-8-9-23(27)17(2)11-20/h4*6-9,11,13-14,16H,5,10,12H2,1-4H3,(H,29,30)/b4*7-6+/i1D3,5D2,8D,9D,10D2,11D,13D,14D,16D;1D3,3D3,5D2,8D,9D,11D,13D,14D,16D;3D3,5D2,8D,9D,11D,13D,14D,16D;3D3,8D,9D,11D,13D,14D,16D. The van der Waals surface area contributed by atoms with E-state index in [0.29, 0.717) is 0 Å². The second-order valence-electron chi connectivity index (χ2n) is 27.6. The summed E-state index contributed by atoms with van der Waals surface area (Å²) in [6, 6.07) is -7.07. The molecule has 24 nitrogen and oxygen atoms in total. The number of anilines is 8. The molecule has 0 bridgehead atoms. The van der Waals surface area contributed by atoms with Crippen LogP contribution in [0.4, 0.5) is 63.1 Å². The Morgan fingerprint density at radius 2 is 0.644 bits per heavy atom. The molecule has 132 heavy (non-hydrogen) atoms. The maximum atomic E-state index is 14.4. The van der Waals surface area contributed by atoms with Crippen LogP contribution in [0.5, 0.6) is 23.0 Å². The first-order chi connectivity index (χ1) is 82.2. The largest absolute Gasteiger partial charge is 0.494 e. The van der Waals surface area contributed by atoms with Crippen molar-refractivity contribution in [2.75, 3.05) is 130 Å². The summed E-state index contributed by atoms with van der Waals surface area (Å²) >= 11 is 0. The molecule has 0 atom stereocenters. The average Bonchev–Trinajstić information content (AvgIpc) is 0.740. The highest BCUT2D eigenvalue weighted by molar-refractivity contribution is 6.03. The van der Waals surface area contributed by atoms with Gasteiger partial charge in [-0.15, -0.1) is 0 Å². The molecule has 0 saturated carbocycles. The van der Waals surface area contributed by atoms with Gasteiger partial charge < -0.3 is 59.8 Å². The molecular weight excluding hydrogens is 1680 g/mol. The van der Waals surface area contributed by atoms with Gasteiger partial charge in [0.25, 0.3) is 0 Å². The van der Waals surface area contributed by atoms with Crippen molar-refractivity contribution < 1.29 is 120 Å². The van der Waals surface area contributed by atoms with Crippen LogP contribution in [-0.2, 0) is 44.9 Å². The minimum atomic E-state index is -3.47. The summed E-state index contributed by atoms with van der Waals surface area (Å²) in [4.78, 5) is 71.8. The number of nitrogens with one attached hydrogen (secondary N) is 4. The first-order valence-electron chi connectivity index (χ1n) is 62.1. The molecule has 0 amide bonds. The topological polar surface area (TPSA) is 313 Å². The van der Waals surface area contributed by atoms with Gasteiger partial charge in [0.2, 0.25) is 0 Å². The van der Waals surface area contributed by atoms with E-state index in [9.17, 15) is 57.8 Å². The number of nitrogens with zero attached hydrogens (tertiary/aromatic N) is 12. The number of ketones is 4. The van der Waals surface area contributed by atoms with Gasteiger partial charge >= 0.3 is 0 Å². The molecule has 680 valence electrons. The van der Waals surface area contributed by atoms with E-state index in [-0.39, 0.29) is 111 Å². The fraction of sp³-hybridized carbons (Fsp3) is 0.269. The Balaban J connectivity index is 0.000000261. The van der Waals surface area contributed by atoms with Crippen molar-refractivity contribution >= 4 is 112 Å². The lowest BCUT2D eigenvalue weighted by Gasteiger charge is -2.15. The van der Waals surface area contributed by atoms with Crippen LogP contribution in [0.25, 0.3) is 43.6 Å². The Kier molecular flexibility index (Phi) is 19.7. The summed E-state index contributed by atoms with van der Waals surface area (Å²) in [5, 5.41) is 48.5. The maximum absolute atomic E-state index is 14.4. The number of fused-ring (bicyclic) bond motifs is 4. The number of hydrogen-bond acceptors (Lipinski definition) is 24. The molecule has 0 saturated heterocycles. The first-order valence-corrected chi connectivity index (χ1v) is 38.6. The quantitative estimate of drug-likeness (QED) is 0.0209. The third-order valence-corrected chi connectivity index (χ3v) is 17.3. The molecule has 0 aliphatic heterocycles. The monoisotopic (exact) mass is 1830 g/mol. The molecule has 0 spiro atoms. The number of benzene rings is 8. The molecule has 4 N–H and O–H groups in total. The van der Waals surface area contributed by atoms with Crippen molar-refractivity contribution in [3.8, 4) is 47.3 Å². The van der Waals surface area contributed by atoms with E-state index >= 15 is 0 Å². The molecule has 4 heterocycles. The van der Waals surface area contributed by atoms with Crippen molar-refractivity contribution in [3.63, 3.8) is 0 Å². The van der Waals surface area contributed by atoms with Crippen LogP contribution in [0.15, 0.2) is 194 Å². The zero-order chi connectivity index (χ0) is 136. The highest BCUT2D eigenvalue weighted by atomic mass is 19.1. The van der Waals surface area contributed by atoms with Crippen LogP contribution >= 0.6 is 0 Å². The van der Waals surface area contributed by atoms with Gasteiger partial charge in [0.1, 0.15) is 70.5 Å². The summed E-state index contributed by atoms with van der Waals surface area (Å²) in [5.41, 5.74) is -9.91. The van der Waals surface area contributed by atoms with Crippen LogP contribution in [0.1, 0.15) is 159 Å². The lowest BCUT2D eigenvalue weighted by molar-refractivity contribution is -0.114. The highest BCUT2D eigenvalue weighted by Crippen LogP contribution is 2.40. The molecule has 12 aromatic rings. The third kappa shape index (κ3) is 28.5. The minimum Gasteiger partial charge on any atom is -0.494 e. The predicted molar refractivity (Wildman–Crippen MR) is 514 cm³/mol. The van der Waals surface area contributed by atoms with E-state index in [0.717, 1.165) is 56.9 Å². The van der Waals surface area contributed by atoms with E-state index in [1.807, 2.05) is 0 Å². The molecule has 0 unspecified atom stereocenters. The molecule has 28 heteroatoms. The van der Waals surface area contributed by atoms with E-state index in [1.54, 1.807) is 31.2 Å². The number of ether oxygens (including phenoxy) is 4. The van der Waals surface area contributed by atoms with E-state index in [4.69, 9.17) is 83.4 Å². The lowest BCUT2D eigenvalue weighted by Crippen LogP contribution is -2.11. The van der Waals surface area contributed by atoms with Gasteiger partial charge in [-0.2, -0.15) is 21.0 Å². The highest BCUT2D eigenvalue weighted by Gasteiger charge is 2.23. The number of carbonyl (C=O) groups excluding carboxylic acids is 4. The smallest absolute Gasteiger partial charge is 0.159 e. The van der Waals surface area contributed by atoms with Gasteiger partial charge in [0.05, 0.1) is 134 Å². The summed E-state index contributed by atoms with van der Waals surface area (Å²) in [7, 11) is 6.76. The zero-order valence-corrected chi connectivity index (χ0v) is 71.9. The van der Waals surface area contributed by atoms with Crippen LogP contribution in [0.2, 0.25) is 0 Å². The number of nitriles is 4. The number of likely N-dealkylation sites (N-methyl/N-ethyl adjacent to an activating group) is 4. The molecular formula is C104H108F4N16O8. The molecule has 12 rings (SSSR count). The van der Waals surface area contributed by atoms with Crippen LogP contribution in [-0.4, -0.2) is 171 Å². The van der Waals surface area contributed by atoms with Crippen LogP contribution < -0.4 is 40.2 Å². The number of allylic oxidation sites excluding steroid dienone is 4.